The lowest BCUT2D eigenvalue weighted by Gasteiger charge is -2.46. The van der Waals surface area contributed by atoms with E-state index in [1.54, 1.807) is 0 Å². The van der Waals surface area contributed by atoms with Gasteiger partial charge in [0.15, 0.2) is 0 Å². The third kappa shape index (κ3) is 3.35. The van der Waals surface area contributed by atoms with Gasteiger partial charge in [0.1, 0.15) is 0 Å². The van der Waals surface area contributed by atoms with Crippen molar-refractivity contribution in [3.05, 3.63) is 60.2 Å². The van der Waals surface area contributed by atoms with Crippen LogP contribution in [0.4, 0.5) is 0 Å². The number of fused-ring (bicyclic) bond motifs is 1. The Hall–Kier alpha value is -1.39. The molecule has 0 aromatic heterocycles. The molecule has 0 bridgehead atoms. The minimum absolute atomic E-state index is 0. The Morgan fingerprint density at radius 3 is 2.42 bits per heavy atom. The number of piperidine rings is 1. The molecule has 1 N–H and O–H groups in total. The molecule has 0 aliphatic carbocycles. The van der Waals surface area contributed by atoms with Crippen LogP contribution in [0.3, 0.4) is 0 Å². The molecule has 4 heteroatoms. The first-order valence-electron chi connectivity index (χ1n) is 8.51. The molecule has 2 aliphatic rings. The first kappa shape index (κ1) is 17.4. The minimum Gasteiger partial charge on any atom is -0.361 e. The maximum atomic E-state index is 11.0. The lowest BCUT2D eigenvalue weighted by Crippen LogP contribution is -2.56. The monoisotopic (exact) mass is 345 g/mol. The number of halogens is 1. The molecule has 3 nitrogen and oxygen atoms in total. The molecule has 0 spiro atoms. The highest BCUT2D eigenvalue weighted by Gasteiger charge is 2.41. The van der Waals surface area contributed by atoms with Gasteiger partial charge in [-0.1, -0.05) is 61.0 Å². The van der Waals surface area contributed by atoms with Crippen molar-refractivity contribution in [2.75, 3.05) is 19.7 Å². The predicted molar refractivity (Wildman–Crippen MR) is 98.2 cm³/mol. The molecular weight excluding hydrogens is 322 g/mol. The van der Waals surface area contributed by atoms with Gasteiger partial charge < -0.3 is 9.84 Å². The third-order valence-corrected chi connectivity index (χ3v) is 5.12. The maximum absolute atomic E-state index is 11.0. The van der Waals surface area contributed by atoms with Crippen LogP contribution < -0.4 is 0 Å². The zero-order valence-corrected chi connectivity index (χ0v) is 14.5. The van der Waals surface area contributed by atoms with Crippen molar-refractivity contribution in [3.63, 3.8) is 0 Å². The van der Waals surface area contributed by atoms with Crippen LogP contribution in [0.5, 0.6) is 0 Å². The first-order chi connectivity index (χ1) is 11.2. The van der Waals surface area contributed by atoms with Crippen molar-refractivity contribution in [2.45, 2.75) is 31.1 Å². The van der Waals surface area contributed by atoms with E-state index in [2.05, 4.69) is 29.2 Å². The Morgan fingerprint density at radius 1 is 0.958 bits per heavy atom. The lowest BCUT2D eigenvalue weighted by molar-refractivity contribution is -0.264. The van der Waals surface area contributed by atoms with Crippen molar-refractivity contribution < 1.29 is 9.84 Å². The Kier molecular flexibility index (Phi) is 5.26. The van der Waals surface area contributed by atoms with E-state index < -0.39 is 5.79 Å². The number of nitrogens with zero attached hydrogens (tertiary/aromatic N) is 1. The zero-order chi connectivity index (χ0) is 15.7. The topological polar surface area (TPSA) is 32.7 Å². The van der Waals surface area contributed by atoms with Crippen LogP contribution in [0.2, 0.25) is 0 Å². The number of morpholine rings is 1. The summed E-state index contributed by atoms with van der Waals surface area (Å²) < 4.78 is 5.88. The Labute approximate surface area is 149 Å². The van der Waals surface area contributed by atoms with Crippen LogP contribution in [-0.4, -0.2) is 35.7 Å². The van der Waals surface area contributed by atoms with Gasteiger partial charge in [0.25, 0.3) is 0 Å². The van der Waals surface area contributed by atoms with E-state index in [0.717, 1.165) is 17.7 Å². The number of ether oxygens (including phenoxy) is 1. The van der Waals surface area contributed by atoms with E-state index >= 15 is 0 Å². The lowest BCUT2D eigenvalue weighted by atomic mass is 9.95. The number of benzene rings is 2. The standard InChI is InChI=1S/C20H23NO2.ClH/c22-20(15-21-13-5-4-8-19(21)14-23-20)18-11-9-17(10-12-18)16-6-2-1-3-7-16;/h1-3,6-7,9-12,19,22H,4-5,8,13-15H2;1H. The first-order valence-corrected chi connectivity index (χ1v) is 8.51. The normalized spacial score (nSPS) is 27.1. The Morgan fingerprint density at radius 2 is 1.67 bits per heavy atom. The van der Waals surface area contributed by atoms with Crippen LogP contribution in [0.1, 0.15) is 24.8 Å². The van der Waals surface area contributed by atoms with E-state index in [1.807, 2.05) is 30.3 Å². The van der Waals surface area contributed by atoms with Crippen molar-refractivity contribution in [1.29, 1.82) is 0 Å². The zero-order valence-electron chi connectivity index (χ0n) is 13.7. The summed E-state index contributed by atoms with van der Waals surface area (Å²) in [6.07, 6.45) is 3.68. The van der Waals surface area contributed by atoms with Crippen molar-refractivity contribution in [1.82, 2.24) is 4.90 Å². The van der Waals surface area contributed by atoms with E-state index in [4.69, 9.17) is 4.74 Å². The van der Waals surface area contributed by atoms with Gasteiger partial charge in [-0.3, -0.25) is 4.90 Å². The van der Waals surface area contributed by atoms with Crippen molar-refractivity contribution in [3.8, 4) is 11.1 Å². The third-order valence-electron chi connectivity index (χ3n) is 5.12. The maximum Gasteiger partial charge on any atom is 0.205 e. The number of hydrogen-bond donors (Lipinski definition) is 1. The molecule has 2 heterocycles. The molecule has 2 aromatic rings. The molecule has 0 amide bonds. The molecule has 4 rings (SSSR count). The Bertz CT molecular complexity index is 661. The van der Waals surface area contributed by atoms with Crippen LogP contribution in [-0.2, 0) is 10.5 Å². The molecule has 24 heavy (non-hydrogen) atoms. The number of aliphatic hydroxyl groups is 1. The van der Waals surface area contributed by atoms with Gasteiger partial charge in [0.2, 0.25) is 5.79 Å². The molecular formula is C20H24ClNO2. The molecule has 2 aromatic carbocycles. The summed E-state index contributed by atoms with van der Waals surface area (Å²) in [6, 6.07) is 18.9. The summed E-state index contributed by atoms with van der Waals surface area (Å²) in [6.45, 7) is 2.26. The molecule has 0 saturated carbocycles. The Balaban J connectivity index is 0.00000169. The van der Waals surface area contributed by atoms with Crippen LogP contribution in [0, 0.1) is 0 Å². The van der Waals surface area contributed by atoms with Crippen LogP contribution in [0.25, 0.3) is 11.1 Å². The average Bonchev–Trinajstić information content (AvgIpc) is 2.62. The second-order valence-corrected chi connectivity index (χ2v) is 6.66. The van der Waals surface area contributed by atoms with Gasteiger partial charge >= 0.3 is 0 Å². The molecule has 0 radical (unpaired) electrons. The van der Waals surface area contributed by atoms with Crippen molar-refractivity contribution in [2.24, 2.45) is 0 Å². The van der Waals surface area contributed by atoms with E-state index in [9.17, 15) is 5.11 Å². The molecule has 2 atom stereocenters. The van der Waals surface area contributed by atoms with Crippen LogP contribution in [0.15, 0.2) is 54.6 Å². The summed E-state index contributed by atoms with van der Waals surface area (Å²) in [5.74, 6) is -1.18. The fourth-order valence-corrected chi connectivity index (χ4v) is 3.74. The summed E-state index contributed by atoms with van der Waals surface area (Å²) in [5.41, 5.74) is 3.19. The van der Waals surface area contributed by atoms with Gasteiger partial charge in [-0.15, -0.1) is 12.4 Å². The molecule has 2 fully saturated rings. The summed E-state index contributed by atoms with van der Waals surface area (Å²) in [4.78, 5) is 2.39. The van der Waals surface area contributed by atoms with Crippen molar-refractivity contribution >= 4 is 12.4 Å². The molecule has 2 saturated heterocycles. The van der Waals surface area contributed by atoms with Gasteiger partial charge in [-0.25, -0.2) is 0 Å². The minimum atomic E-state index is -1.18. The van der Waals surface area contributed by atoms with E-state index in [-0.39, 0.29) is 12.4 Å². The predicted octanol–water partition coefficient (Wildman–Crippen LogP) is 3.81. The quantitative estimate of drug-likeness (QED) is 0.898. The highest BCUT2D eigenvalue weighted by atomic mass is 35.5. The highest BCUT2D eigenvalue weighted by molar-refractivity contribution is 5.85. The second kappa shape index (κ2) is 7.24. The molecule has 128 valence electrons. The number of rotatable bonds is 2. The molecule has 2 aliphatic heterocycles. The number of hydrogen-bond acceptors (Lipinski definition) is 3. The van der Waals surface area contributed by atoms with E-state index in [0.29, 0.717) is 19.2 Å². The SMILES string of the molecule is Cl.OC1(c2ccc(-c3ccccc3)cc2)CN2CCCCC2CO1. The largest absolute Gasteiger partial charge is 0.361 e. The fraction of sp³-hybridized carbons (Fsp3) is 0.400. The second-order valence-electron chi connectivity index (χ2n) is 6.66. The van der Waals surface area contributed by atoms with Gasteiger partial charge in [-0.2, -0.15) is 0 Å². The van der Waals surface area contributed by atoms with Gasteiger partial charge in [0, 0.05) is 11.6 Å². The summed E-state index contributed by atoms with van der Waals surface area (Å²) in [5, 5.41) is 11.0. The average molecular weight is 346 g/mol. The fourth-order valence-electron chi connectivity index (χ4n) is 3.74. The molecule has 2 unspecified atom stereocenters. The van der Waals surface area contributed by atoms with Gasteiger partial charge in [-0.05, 0) is 30.5 Å². The highest BCUT2D eigenvalue weighted by Crippen LogP contribution is 2.33. The van der Waals surface area contributed by atoms with E-state index in [1.165, 1.54) is 24.8 Å². The van der Waals surface area contributed by atoms with Crippen LogP contribution >= 0.6 is 12.4 Å². The summed E-state index contributed by atoms with van der Waals surface area (Å²) >= 11 is 0. The smallest absolute Gasteiger partial charge is 0.205 e. The summed E-state index contributed by atoms with van der Waals surface area (Å²) in [7, 11) is 0. The van der Waals surface area contributed by atoms with Gasteiger partial charge in [0.05, 0.1) is 13.2 Å².